The molecule has 3 heteroatoms. The number of nitrogens with zero attached hydrogens (tertiary/aromatic N) is 2. The van der Waals surface area contributed by atoms with Crippen molar-refractivity contribution in [3.05, 3.63) is 53.3 Å². The zero-order valence-corrected chi connectivity index (χ0v) is 10.6. The number of anilines is 1. The lowest BCUT2D eigenvalue weighted by Crippen LogP contribution is -2.15. The second-order valence-electron chi connectivity index (χ2n) is 4.77. The molecule has 92 valence electrons. The highest BCUT2D eigenvalue weighted by Gasteiger charge is 2.21. The van der Waals surface area contributed by atoms with Crippen LogP contribution in [0.15, 0.2) is 36.5 Å². The maximum Gasteiger partial charge on any atom is 0.222 e. The molecule has 0 fully saturated rings. The lowest BCUT2D eigenvalue weighted by atomic mass is 9.83. The van der Waals surface area contributed by atoms with Crippen LogP contribution in [0.5, 0.6) is 0 Å². The van der Waals surface area contributed by atoms with Gasteiger partial charge in [0.2, 0.25) is 5.95 Å². The molecule has 0 bridgehead atoms. The second kappa shape index (κ2) is 4.77. The minimum absolute atomic E-state index is 0.614. The predicted octanol–water partition coefficient (Wildman–Crippen LogP) is 2.79. The number of hydrogen-bond donors (Lipinski definition) is 1. The molecule has 1 atom stereocenters. The highest BCUT2D eigenvalue weighted by Crippen LogP contribution is 2.31. The Kier molecular flexibility index (Phi) is 2.97. The number of benzene rings is 1. The van der Waals surface area contributed by atoms with E-state index in [1.807, 2.05) is 13.2 Å². The number of hydrogen-bond acceptors (Lipinski definition) is 3. The fourth-order valence-corrected chi connectivity index (χ4v) is 2.64. The first-order valence-electron chi connectivity index (χ1n) is 6.44. The van der Waals surface area contributed by atoms with E-state index < -0.39 is 0 Å². The summed E-state index contributed by atoms with van der Waals surface area (Å²) in [7, 11) is 1.86. The molecular formula is C15H17N3. The van der Waals surface area contributed by atoms with Gasteiger partial charge in [-0.3, -0.25) is 0 Å². The number of nitrogens with one attached hydrogen (secondary N) is 1. The van der Waals surface area contributed by atoms with Crippen LogP contribution in [0.2, 0.25) is 0 Å². The average Bonchev–Trinajstić information content (AvgIpc) is 2.47. The van der Waals surface area contributed by atoms with Crippen LogP contribution < -0.4 is 5.32 Å². The maximum absolute atomic E-state index is 4.54. The Morgan fingerprint density at radius 3 is 2.83 bits per heavy atom. The molecule has 0 saturated heterocycles. The third kappa shape index (κ3) is 2.08. The van der Waals surface area contributed by atoms with Gasteiger partial charge in [-0.15, -0.1) is 0 Å². The van der Waals surface area contributed by atoms with Crippen LogP contribution in [-0.2, 0) is 12.8 Å². The molecule has 0 saturated carbocycles. The van der Waals surface area contributed by atoms with Crippen molar-refractivity contribution < 1.29 is 0 Å². The summed E-state index contributed by atoms with van der Waals surface area (Å²) in [6.07, 6.45) is 5.26. The number of aromatic nitrogens is 2. The monoisotopic (exact) mass is 239 g/mol. The first-order chi connectivity index (χ1) is 8.86. The molecule has 0 radical (unpaired) electrons. The number of fused-ring (bicyclic) bond motifs is 1. The Morgan fingerprint density at radius 2 is 2.06 bits per heavy atom. The normalized spacial score (nSPS) is 18.2. The van der Waals surface area contributed by atoms with Gasteiger partial charge in [0.15, 0.2) is 0 Å². The summed E-state index contributed by atoms with van der Waals surface area (Å²) in [5, 5.41) is 3.00. The number of rotatable bonds is 2. The summed E-state index contributed by atoms with van der Waals surface area (Å²) in [5.41, 5.74) is 3.94. The van der Waals surface area contributed by atoms with Crippen LogP contribution in [0.1, 0.15) is 29.2 Å². The molecule has 0 amide bonds. The lowest BCUT2D eigenvalue weighted by molar-refractivity contribution is 0.572. The summed E-state index contributed by atoms with van der Waals surface area (Å²) in [6, 6.07) is 10.7. The van der Waals surface area contributed by atoms with Gasteiger partial charge in [0.05, 0.1) is 0 Å². The van der Waals surface area contributed by atoms with Crippen molar-refractivity contribution in [1.29, 1.82) is 0 Å². The van der Waals surface area contributed by atoms with E-state index in [1.165, 1.54) is 23.2 Å². The van der Waals surface area contributed by atoms with E-state index in [9.17, 15) is 0 Å². The van der Waals surface area contributed by atoms with Crippen LogP contribution in [0, 0.1) is 0 Å². The summed E-state index contributed by atoms with van der Waals surface area (Å²) in [4.78, 5) is 8.85. The van der Waals surface area contributed by atoms with Crippen LogP contribution in [0.3, 0.4) is 0 Å². The van der Waals surface area contributed by atoms with E-state index in [4.69, 9.17) is 0 Å². The van der Waals surface area contributed by atoms with E-state index in [-0.39, 0.29) is 0 Å². The van der Waals surface area contributed by atoms with Gasteiger partial charge in [-0.05, 0) is 36.3 Å². The highest BCUT2D eigenvalue weighted by atomic mass is 15.1. The van der Waals surface area contributed by atoms with Gasteiger partial charge in [0.1, 0.15) is 0 Å². The molecule has 1 N–H and O–H groups in total. The van der Waals surface area contributed by atoms with Crippen molar-refractivity contribution in [3.8, 4) is 0 Å². The van der Waals surface area contributed by atoms with E-state index in [0.29, 0.717) is 5.92 Å². The molecule has 1 unspecified atom stereocenters. The smallest absolute Gasteiger partial charge is 0.222 e. The molecule has 0 aliphatic heterocycles. The Bertz CT molecular complexity index is 537. The average molecular weight is 239 g/mol. The molecular weight excluding hydrogens is 222 g/mol. The lowest BCUT2D eigenvalue weighted by Gasteiger charge is -2.24. The fourth-order valence-electron chi connectivity index (χ4n) is 2.64. The summed E-state index contributed by atoms with van der Waals surface area (Å²) in [5.74, 6) is 1.34. The van der Waals surface area contributed by atoms with Gasteiger partial charge >= 0.3 is 0 Å². The van der Waals surface area contributed by atoms with Gasteiger partial charge in [-0.2, -0.15) is 0 Å². The SMILES string of the molecule is CNc1ncc2c(n1)CCC(c1ccccc1)C2. The molecule has 18 heavy (non-hydrogen) atoms. The standard InChI is InChI=1S/C15H17N3/c1-16-15-17-10-13-9-12(7-8-14(13)18-15)11-5-3-2-4-6-11/h2-6,10,12H,7-9H2,1H3,(H,16,17,18). The Morgan fingerprint density at radius 1 is 1.22 bits per heavy atom. The summed E-state index contributed by atoms with van der Waals surface area (Å²) < 4.78 is 0. The zero-order chi connectivity index (χ0) is 12.4. The third-order valence-corrected chi connectivity index (χ3v) is 3.64. The van der Waals surface area contributed by atoms with Crippen LogP contribution >= 0.6 is 0 Å². The second-order valence-corrected chi connectivity index (χ2v) is 4.77. The molecule has 2 aromatic rings. The van der Waals surface area contributed by atoms with Crippen molar-refractivity contribution in [2.45, 2.75) is 25.2 Å². The van der Waals surface area contributed by atoms with Gasteiger partial charge in [0.25, 0.3) is 0 Å². The maximum atomic E-state index is 4.54. The number of aryl methyl sites for hydroxylation is 1. The van der Waals surface area contributed by atoms with E-state index in [2.05, 4.69) is 45.6 Å². The quantitative estimate of drug-likeness (QED) is 0.875. The van der Waals surface area contributed by atoms with Crippen molar-refractivity contribution in [2.24, 2.45) is 0 Å². The van der Waals surface area contributed by atoms with Crippen molar-refractivity contribution in [1.82, 2.24) is 9.97 Å². The van der Waals surface area contributed by atoms with Gasteiger partial charge in [-0.25, -0.2) is 9.97 Å². The molecule has 1 heterocycles. The first-order valence-corrected chi connectivity index (χ1v) is 6.44. The van der Waals surface area contributed by atoms with E-state index in [1.54, 1.807) is 0 Å². The Balaban J connectivity index is 1.85. The van der Waals surface area contributed by atoms with Gasteiger partial charge in [-0.1, -0.05) is 30.3 Å². The molecule has 1 aromatic heterocycles. The van der Waals surface area contributed by atoms with E-state index >= 15 is 0 Å². The largest absolute Gasteiger partial charge is 0.357 e. The fraction of sp³-hybridized carbons (Fsp3) is 0.333. The molecule has 3 nitrogen and oxygen atoms in total. The van der Waals surface area contributed by atoms with Crippen molar-refractivity contribution in [3.63, 3.8) is 0 Å². The molecule has 0 spiro atoms. The minimum atomic E-state index is 0.614. The predicted molar refractivity (Wildman–Crippen MR) is 72.8 cm³/mol. The van der Waals surface area contributed by atoms with Crippen LogP contribution in [0.25, 0.3) is 0 Å². The summed E-state index contributed by atoms with van der Waals surface area (Å²) >= 11 is 0. The van der Waals surface area contributed by atoms with Crippen LogP contribution in [-0.4, -0.2) is 17.0 Å². The molecule has 1 aromatic carbocycles. The first kappa shape index (κ1) is 11.2. The van der Waals surface area contributed by atoms with Crippen LogP contribution in [0.4, 0.5) is 5.95 Å². The summed E-state index contributed by atoms with van der Waals surface area (Å²) in [6.45, 7) is 0. The van der Waals surface area contributed by atoms with Crippen molar-refractivity contribution >= 4 is 5.95 Å². The minimum Gasteiger partial charge on any atom is -0.357 e. The Hall–Kier alpha value is -1.90. The van der Waals surface area contributed by atoms with Gasteiger partial charge in [0, 0.05) is 18.9 Å². The highest BCUT2D eigenvalue weighted by molar-refractivity contribution is 5.33. The topological polar surface area (TPSA) is 37.8 Å². The third-order valence-electron chi connectivity index (χ3n) is 3.64. The molecule has 3 rings (SSSR count). The van der Waals surface area contributed by atoms with Gasteiger partial charge < -0.3 is 5.32 Å². The van der Waals surface area contributed by atoms with Crippen molar-refractivity contribution in [2.75, 3.05) is 12.4 Å². The molecule has 1 aliphatic rings. The Labute approximate surface area is 107 Å². The zero-order valence-electron chi connectivity index (χ0n) is 10.6. The van der Waals surface area contributed by atoms with E-state index in [0.717, 1.165) is 18.8 Å². The molecule has 1 aliphatic carbocycles.